The van der Waals surface area contributed by atoms with E-state index in [9.17, 15) is 10.1 Å². The highest BCUT2D eigenvalue weighted by molar-refractivity contribution is 5.71. The Bertz CT molecular complexity index is 625. The first kappa shape index (κ1) is 14.0. The SMILES string of the molecule is Cc1cc([N+](=O)[O-])c(OC(C)C)cc1-c1ccncc1. The van der Waals surface area contributed by atoms with Crippen LogP contribution in [0, 0.1) is 17.0 Å². The summed E-state index contributed by atoms with van der Waals surface area (Å²) in [7, 11) is 0. The smallest absolute Gasteiger partial charge is 0.311 e. The number of aromatic nitrogens is 1. The van der Waals surface area contributed by atoms with Crippen molar-refractivity contribution in [1.29, 1.82) is 0 Å². The van der Waals surface area contributed by atoms with E-state index in [1.165, 1.54) is 0 Å². The second kappa shape index (κ2) is 5.69. The molecule has 20 heavy (non-hydrogen) atoms. The summed E-state index contributed by atoms with van der Waals surface area (Å²) < 4.78 is 5.57. The number of ether oxygens (including phenoxy) is 1. The molecule has 1 aromatic carbocycles. The van der Waals surface area contributed by atoms with Crippen LogP contribution in [-0.2, 0) is 0 Å². The maximum absolute atomic E-state index is 11.1. The minimum absolute atomic E-state index is 0.00555. The molecule has 0 aliphatic carbocycles. The lowest BCUT2D eigenvalue weighted by Gasteiger charge is -2.13. The molecule has 0 amide bonds. The van der Waals surface area contributed by atoms with Gasteiger partial charge in [0.25, 0.3) is 0 Å². The molecule has 0 saturated carbocycles. The number of hydrogen-bond donors (Lipinski definition) is 0. The van der Waals surface area contributed by atoms with Gasteiger partial charge in [-0.25, -0.2) is 0 Å². The van der Waals surface area contributed by atoms with E-state index in [0.29, 0.717) is 5.75 Å². The average molecular weight is 272 g/mol. The van der Waals surface area contributed by atoms with Crippen LogP contribution in [0.2, 0.25) is 0 Å². The molecule has 0 atom stereocenters. The van der Waals surface area contributed by atoms with E-state index in [-0.39, 0.29) is 11.8 Å². The predicted molar refractivity (Wildman–Crippen MR) is 76.8 cm³/mol. The van der Waals surface area contributed by atoms with Crippen molar-refractivity contribution in [3.8, 4) is 16.9 Å². The van der Waals surface area contributed by atoms with Crippen LogP contribution in [0.1, 0.15) is 19.4 Å². The Morgan fingerprint density at radius 3 is 2.45 bits per heavy atom. The molecule has 0 radical (unpaired) electrons. The highest BCUT2D eigenvalue weighted by Gasteiger charge is 2.19. The van der Waals surface area contributed by atoms with Gasteiger partial charge < -0.3 is 4.74 Å². The zero-order valence-corrected chi connectivity index (χ0v) is 11.7. The van der Waals surface area contributed by atoms with Gasteiger partial charge >= 0.3 is 5.69 Å². The third kappa shape index (κ3) is 2.93. The Hall–Kier alpha value is -2.43. The molecule has 1 aromatic heterocycles. The van der Waals surface area contributed by atoms with Crippen LogP contribution in [0.15, 0.2) is 36.7 Å². The summed E-state index contributed by atoms with van der Waals surface area (Å²) >= 11 is 0. The zero-order valence-electron chi connectivity index (χ0n) is 11.7. The van der Waals surface area contributed by atoms with Gasteiger partial charge in [0.1, 0.15) is 0 Å². The van der Waals surface area contributed by atoms with E-state index in [1.807, 2.05) is 32.9 Å². The molecule has 0 saturated heterocycles. The highest BCUT2D eigenvalue weighted by Crippen LogP contribution is 2.35. The fraction of sp³-hybridized carbons (Fsp3) is 0.267. The number of nitro groups is 1. The Balaban J connectivity index is 2.57. The summed E-state index contributed by atoms with van der Waals surface area (Å²) in [5.41, 5.74) is 2.70. The Morgan fingerprint density at radius 2 is 1.90 bits per heavy atom. The predicted octanol–water partition coefficient (Wildman–Crippen LogP) is 3.75. The lowest BCUT2D eigenvalue weighted by Crippen LogP contribution is -2.08. The van der Waals surface area contributed by atoms with Gasteiger partial charge in [-0.3, -0.25) is 15.1 Å². The third-order valence-corrected chi connectivity index (χ3v) is 2.86. The summed E-state index contributed by atoms with van der Waals surface area (Å²) in [6.45, 7) is 5.54. The van der Waals surface area contributed by atoms with Crippen molar-refractivity contribution in [2.24, 2.45) is 0 Å². The number of hydrogen-bond acceptors (Lipinski definition) is 4. The molecule has 1 heterocycles. The van der Waals surface area contributed by atoms with Crippen molar-refractivity contribution in [3.63, 3.8) is 0 Å². The summed E-state index contributed by atoms with van der Waals surface area (Å²) in [4.78, 5) is 14.7. The van der Waals surface area contributed by atoms with Gasteiger partial charge in [0.2, 0.25) is 0 Å². The first-order chi connectivity index (χ1) is 9.49. The normalized spacial score (nSPS) is 10.6. The number of rotatable bonds is 4. The van der Waals surface area contributed by atoms with Crippen molar-refractivity contribution in [3.05, 3.63) is 52.3 Å². The molecule has 0 bridgehead atoms. The van der Waals surface area contributed by atoms with Crippen LogP contribution in [0.5, 0.6) is 5.75 Å². The Kier molecular flexibility index (Phi) is 3.98. The first-order valence-electron chi connectivity index (χ1n) is 6.35. The van der Waals surface area contributed by atoms with Crippen LogP contribution in [0.25, 0.3) is 11.1 Å². The largest absolute Gasteiger partial charge is 0.484 e. The number of benzene rings is 1. The van der Waals surface area contributed by atoms with Crippen LogP contribution in [0.3, 0.4) is 0 Å². The van der Waals surface area contributed by atoms with E-state index >= 15 is 0 Å². The van der Waals surface area contributed by atoms with Gasteiger partial charge in [0, 0.05) is 18.5 Å². The van der Waals surface area contributed by atoms with Gasteiger partial charge in [-0.15, -0.1) is 0 Å². The van der Waals surface area contributed by atoms with Crippen molar-refractivity contribution < 1.29 is 9.66 Å². The second-order valence-electron chi connectivity index (χ2n) is 4.79. The summed E-state index contributed by atoms with van der Waals surface area (Å²) in [6.07, 6.45) is 3.26. The van der Waals surface area contributed by atoms with Gasteiger partial charge in [0.05, 0.1) is 11.0 Å². The fourth-order valence-corrected chi connectivity index (χ4v) is 2.01. The van der Waals surface area contributed by atoms with E-state index in [1.54, 1.807) is 24.5 Å². The van der Waals surface area contributed by atoms with Crippen molar-refractivity contribution in [2.45, 2.75) is 26.9 Å². The van der Waals surface area contributed by atoms with Crippen LogP contribution >= 0.6 is 0 Å². The Morgan fingerprint density at radius 1 is 1.25 bits per heavy atom. The van der Waals surface area contributed by atoms with E-state index in [4.69, 9.17) is 4.74 Å². The maximum atomic E-state index is 11.1. The summed E-state index contributed by atoms with van der Waals surface area (Å²) in [5, 5.41) is 11.1. The van der Waals surface area contributed by atoms with Gasteiger partial charge in [0.15, 0.2) is 5.75 Å². The molecule has 0 fully saturated rings. The molecular formula is C15H16N2O3. The van der Waals surface area contributed by atoms with Crippen LogP contribution in [0.4, 0.5) is 5.69 Å². The molecule has 0 aliphatic rings. The lowest BCUT2D eigenvalue weighted by atomic mass is 10.0. The van der Waals surface area contributed by atoms with Gasteiger partial charge in [-0.1, -0.05) is 0 Å². The molecule has 5 nitrogen and oxygen atoms in total. The van der Waals surface area contributed by atoms with E-state index in [2.05, 4.69) is 4.98 Å². The number of pyridine rings is 1. The van der Waals surface area contributed by atoms with Crippen LogP contribution in [-0.4, -0.2) is 16.0 Å². The first-order valence-corrected chi connectivity index (χ1v) is 6.35. The molecule has 0 spiro atoms. The molecule has 2 rings (SSSR count). The molecule has 5 heteroatoms. The molecule has 0 N–H and O–H groups in total. The van der Waals surface area contributed by atoms with Crippen molar-refractivity contribution in [1.82, 2.24) is 4.98 Å². The monoisotopic (exact) mass is 272 g/mol. The maximum Gasteiger partial charge on any atom is 0.311 e. The van der Waals surface area contributed by atoms with E-state index in [0.717, 1.165) is 16.7 Å². The summed E-state index contributed by atoms with van der Waals surface area (Å²) in [5.74, 6) is 0.294. The highest BCUT2D eigenvalue weighted by atomic mass is 16.6. The number of nitrogens with zero attached hydrogens (tertiary/aromatic N) is 2. The third-order valence-electron chi connectivity index (χ3n) is 2.86. The molecule has 2 aromatic rings. The molecule has 104 valence electrons. The second-order valence-corrected chi connectivity index (χ2v) is 4.79. The zero-order chi connectivity index (χ0) is 14.7. The Labute approximate surface area is 117 Å². The minimum atomic E-state index is -0.416. The minimum Gasteiger partial charge on any atom is -0.484 e. The quantitative estimate of drug-likeness (QED) is 0.628. The van der Waals surface area contributed by atoms with Crippen molar-refractivity contribution >= 4 is 5.69 Å². The molecule has 0 unspecified atom stereocenters. The topological polar surface area (TPSA) is 65.3 Å². The summed E-state index contributed by atoms with van der Waals surface area (Å²) in [6, 6.07) is 7.01. The number of aryl methyl sites for hydroxylation is 1. The lowest BCUT2D eigenvalue weighted by molar-refractivity contribution is -0.386. The average Bonchev–Trinajstić information content (AvgIpc) is 2.40. The molecule has 0 aliphatic heterocycles. The van der Waals surface area contributed by atoms with Gasteiger partial charge in [-0.05, 0) is 55.7 Å². The van der Waals surface area contributed by atoms with Crippen LogP contribution < -0.4 is 4.74 Å². The van der Waals surface area contributed by atoms with Gasteiger partial charge in [-0.2, -0.15) is 0 Å². The number of nitro benzene ring substituents is 1. The molecular weight excluding hydrogens is 256 g/mol. The fourth-order valence-electron chi connectivity index (χ4n) is 2.01. The standard InChI is InChI=1S/C15H16N2O3/c1-10(2)20-15-9-13(12-4-6-16-7-5-12)11(3)8-14(15)17(18)19/h4-10H,1-3H3. The van der Waals surface area contributed by atoms with Crippen molar-refractivity contribution in [2.75, 3.05) is 0 Å². The van der Waals surface area contributed by atoms with E-state index < -0.39 is 4.92 Å².